The fourth-order valence-electron chi connectivity index (χ4n) is 2.63. The van der Waals surface area contributed by atoms with Gasteiger partial charge in [0.05, 0.1) is 5.56 Å². The Morgan fingerprint density at radius 3 is 2.23 bits per heavy atom. The smallest absolute Gasteiger partial charge is 0.335 e. The van der Waals surface area contributed by atoms with E-state index in [4.69, 9.17) is 5.11 Å². The number of aromatic carboxylic acids is 1. The average Bonchev–Trinajstić information content (AvgIpc) is 3.30. The summed E-state index contributed by atoms with van der Waals surface area (Å²) in [6, 6.07) is 7.48. The van der Waals surface area contributed by atoms with Crippen molar-refractivity contribution in [2.24, 2.45) is 5.92 Å². The number of hydrogen-bond acceptors (Lipinski definition) is 2. The fraction of sp³-hybridized carbons (Fsp3) is 0.556. The van der Waals surface area contributed by atoms with Gasteiger partial charge in [-0.1, -0.05) is 26.0 Å². The van der Waals surface area contributed by atoms with E-state index in [-0.39, 0.29) is 17.5 Å². The van der Waals surface area contributed by atoms with Crippen molar-refractivity contribution in [3.8, 4) is 0 Å². The number of hydrogen-bond donors (Lipinski definition) is 1. The van der Waals surface area contributed by atoms with Crippen LogP contribution in [0.15, 0.2) is 24.3 Å². The number of rotatable bonds is 7. The lowest BCUT2D eigenvalue weighted by molar-refractivity contribution is -0.134. The predicted octanol–water partition coefficient (Wildman–Crippen LogP) is 3.35. The van der Waals surface area contributed by atoms with Crippen LogP contribution in [-0.2, 0) is 11.2 Å². The molecule has 0 aromatic heterocycles. The molecule has 1 aromatic carbocycles. The van der Waals surface area contributed by atoms with Gasteiger partial charge in [-0.25, -0.2) is 4.79 Å². The Bertz CT molecular complexity index is 532. The third-order valence-corrected chi connectivity index (χ3v) is 4.46. The van der Waals surface area contributed by atoms with Crippen LogP contribution in [0, 0.1) is 5.92 Å². The number of amides is 1. The highest BCUT2D eigenvalue weighted by molar-refractivity contribution is 5.87. The number of carbonyl (C=O) groups excluding carboxylic acids is 1. The molecule has 1 unspecified atom stereocenters. The van der Waals surface area contributed by atoms with Gasteiger partial charge in [0.2, 0.25) is 5.91 Å². The van der Waals surface area contributed by atoms with Crippen LogP contribution in [0.25, 0.3) is 0 Å². The Balaban J connectivity index is 1.94. The quantitative estimate of drug-likeness (QED) is 0.840. The number of carboxylic acid groups (broad SMARTS) is 1. The molecule has 0 spiro atoms. The lowest BCUT2D eigenvalue weighted by atomic mass is 10.0. The maximum atomic E-state index is 12.6. The number of carboxylic acids is 1. The summed E-state index contributed by atoms with van der Waals surface area (Å²) in [5.74, 6) is -0.251. The summed E-state index contributed by atoms with van der Waals surface area (Å²) in [4.78, 5) is 25.4. The lowest BCUT2D eigenvalue weighted by Crippen LogP contribution is -2.43. The molecule has 1 aliphatic carbocycles. The van der Waals surface area contributed by atoms with E-state index in [0.29, 0.717) is 24.8 Å². The summed E-state index contributed by atoms with van der Waals surface area (Å²) in [6.45, 7) is 6.43. The van der Waals surface area contributed by atoms with Crippen molar-refractivity contribution in [2.75, 3.05) is 0 Å². The summed E-state index contributed by atoms with van der Waals surface area (Å²) < 4.78 is 0. The molecular formula is C18H25NO3. The molecule has 120 valence electrons. The normalized spacial score (nSPS) is 15.6. The topological polar surface area (TPSA) is 57.6 Å². The van der Waals surface area contributed by atoms with Gasteiger partial charge >= 0.3 is 5.97 Å². The van der Waals surface area contributed by atoms with Crippen molar-refractivity contribution in [1.82, 2.24) is 4.90 Å². The highest BCUT2D eigenvalue weighted by Crippen LogP contribution is 2.31. The van der Waals surface area contributed by atoms with Crippen molar-refractivity contribution in [2.45, 2.75) is 58.5 Å². The standard InChI is InChI=1S/C18H25NO3/c1-12(2)13(3)19(16-9-10-16)17(20)11-6-14-4-7-15(8-5-14)18(21)22/h4-5,7-8,12-13,16H,6,9-11H2,1-3H3,(H,21,22). The summed E-state index contributed by atoms with van der Waals surface area (Å²) in [5.41, 5.74) is 1.29. The van der Waals surface area contributed by atoms with Crippen molar-refractivity contribution in [3.63, 3.8) is 0 Å². The van der Waals surface area contributed by atoms with E-state index in [1.807, 2.05) is 0 Å². The van der Waals surface area contributed by atoms with Crippen molar-refractivity contribution in [1.29, 1.82) is 0 Å². The molecule has 0 aliphatic heterocycles. The van der Waals surface area contributed by atoms with Gasteiger partial charge < -0.3 is 10.0 Å². The highest BCUT2D eigenvalue weighted by atomic mass is 16.4. The molecule has 0 saturated heterocycles. The van der Waals surface area contributed by atoms with Gasteiger partial charge in [-0.2, -0.15) is 0 Å². The maximum absolute atomic E-state index is 12.6. The van der Waals surface area contributed by atoms with Crippen molar-refractivity contribution < 1.29 is 14.7 Å². The Kier molecular flexibility index (Phi) is 5.22. The van der Waals surface area contributed by atoms with E-state index in [2.05, 4.69) is 25.7 Å². The number of benzene rings is 1. The molecule has 2 rings (SSSR count). The summed E-state index contributed by atoms with van der Waals surface area (Å²) in [7, 11) is 0. The molecule has 1 fully saturated rings. The summed E-state index contributed by atoms with van der Waals surface area (Å²) in [6.07, 6.45) is 3.39. The van der Waals surface area contributed by atoms with Crippen molar-refractivity contribution in [3.05, 3.63) is 35.4 Å². The monoisotopic (exact) mass is 303 g/mol. The van der Waals surface area contributed by atoms with Gasteiger partial charge in [0.25, 0.3) is 0 Å². The van der Waals surface area contributed by atoms with Crippen LogP contribution in [-0.4, -0.2) is 34.0 Å². The molecule has 1 aliphatic rings. The van der Waals surface area contributed by atoms with Crippen LogP contribution in [0.1, 0.15) is 56.0 Å². The zero-order chi connectivity index (χ0) is 16.3. The second-order valence-electron chi connectivity index (χ2n) is 6.52. The van der Waals surface area contributed by atoms with Crippen LogP contribution in [0.4, 0.5) is 0 Å². The minimum Gasteiger partial charge on any atom is -0.478 e. The molecule has 1 saturated carbocycles. The largest absolute Gasteiger partial charge is 0.478 e. The van der Waals surface area contributed by atoms with Gasteiger partial charge in [0.15, 0.2) is 0 Å². The first-order chi connectivity index (χ1) is 10.4. The third kappa shape index (κ3) is 4.09. The SMILES string of the molecule is CC(C)C(C)N(C(=O)CCc1ccc(C(=O)O)cc1)C1CC1. The summed E-state index contributed by atoms with van der Waals surface area (Å²) in [5, 5.41) is 8.89. The number of nitrogens with zero attached hydrogens (tertiary/aromatic N) is 1. The van der Waals surface area contributed by atoms with E-state index in [1.54, 1.807) is 24.3 Å². The summed E-state index contributed by atoms with van der Waals surface area (Å²) >= 11 is 0. The predicted molar refractivity (Wildman–Crippen MR) is 85.9 cm³/mol. The minimum absolute atomic E-state index is 0.214. The van der Waals surface area contributed by atoms with Crippen LogP contribution in [0.3, 0.4) is 0 Å². The lowest BCUT2D eigenvalue weighted by Gasteiger charge is -2.32. The van der Waals surface area contributed by atoms with Gasteiger partial charge in [-0.3, -0.25) is 4.79 Å². The Labute approximate surface area is 132 Å². The first-order valence-electron chi connectivity index (χ1n) is 8.03. The molecule has 0 radical (unpaired) electrons. The maximum Gasteiger partial charge on any atom is 0.335 e. The first-order valence-corrected chi connectivity index (χ1v) is 8.03. The zero-order valence-electron chi connectivity index (χ0n) is 13.6. The molecule has 1 N–H and O–H groups in total. The first kappa shape index (κ1) is 16.5. The van der Waals surface area contributed by atoms with Gasteiger partial charge in [-0.05, 0) is 49.8 Å². The van der Waals surface area contributed by atoms with Crippen molar-refractivity contribution >= 4 is 11.9 Å². The van der Waals surface area contributed by atoms with Crippen LogP contribution in [0.2, 0.25) is 0 Å². The molecule has 22 heavy (non-hydrogen) atoms. The molecule has 0 bridgehead atoms. The van der Waals surface area contributed by atoms with E-state index in [9.17, 15) is 9.59 Å². The van der Waals surface area contributed by atoms with E-state index >= 15 is 0 Å². The average molecular weight is 303 g/mol. The number of aryl methyl sites for hydroxylation is 1. The molecule has 1 aromatic rings. The van der Waals surface area contributed by atoms with Crippen LogP contribution in [0.5, 0.6) is 0 Å². The second kappa shape index (κ2) is 6.95. The minimum atomic E-state index is -0.923. The molecule has 4 nitrogen and oxygen atoms in total. The Hall–Kier alpha value is -1.84. The van der Waals surface area contributed by atoms with E-state index in [0.717, 1.165) is 18.4 Å². The van der Waals surface area contributed by atoms with Crippen LogP contribution >= 0.6 is 0 Å². The fourth-order valence-corrected chi connectivity index (χ4v) is 2.63. The Morgan fingerprint density at radius 2 is 1.77 bits per heavy atom. The molecular weight excluding hydrogens is 278 g/mol. The van der Waals surface area contributed by atoms with E-state index in [1.165, 1.54) is 0 Å². The molecule has 1 amide bonds. The Morgan fingerprint density at radius 1 is 1.18 bits per heavy atom. The van der Waals surface area contributed by atoms with Gasteiger partial charge in [0.1, 0.15) is 0 Å². The van der Waals surface area contributed by atoms with Crippen LogP contribution < -0.4 is 0 Å². The molecule has 0 heterocycles. The van der Waals surface area contributed by atoms with Gasteiger partial charge in [-0.15, -0.1) is 0 Å². The van der Waals surface area contributed by atoms with E-state index < -0.39 is 5.97 Å². The highest BCUT2D eigenvalue weighted by Gasteiger charge is 2.36. The molecule has 4 heteroatoms. The number of carbonyl (C=O) groups is 2. The second-order valence-corrected chi connectivity index (χ2v) is 6.52. The van der Waals surface area contributed by atoms with Gasteiger partial charge in [0, 0.05) is 18.5 Å². The molecule has 1 atom stereocenters. The third-order valence-electron chi connectivity index (χ3n) is 4.46. The zero-order valence-corrected chi connectivity index (χ0v) is 13.6.